The van der Waals surface area contributed by atoms with Crippen LogP contribution in [0.5, 0.6) is 0 Å². The van der Waals surface area contributed by atoms with Gasteiger partial charge in [0.2, 0.25) is 0 Å². The number of halogens is 1. The second-order valence-electron chi connectivity index (χ2n) is 4.17. The number of anilines is 1. The summed E-state index contributed by atoms with van der Waals surface area (Å²) in [5, 5.41) is 9.57. The monoisotopic (exact) mass is 258 g/mol. The highest BCUT2D eigenvalue weighted by Crippen LogP contribution is 2.20. The molecule has 0 atom stereocenters. The Morgan fingerprint density at radius 3 is 2.56 bits per heavy atom. The first-order chi connectivity index (χ1) is 8.63. The highest BCUT2D eigenvalue weighted by atomic mass is 35.5. The van der Waals surface area contributed by atoms with Crippen LogP contribution in [0.2, 0.25) is 5.02 Å². The lowest BCUT2D eigenvalue weighted by Crippen LogP contribution is -1.97. The summed E-state index contributed by atoms with van der Waals surface area (Å²) in [5.41, 5.74) is 10.0. The van der Waals surface area contributed by atoms with Crippen LogP contribution < -0.4 is 5.73 Å². The molecular formula is C13H11ClN4. The van der Waals surface area contributed by atoms with E-state index >= 15 is 0 Å². The largest absolute Gasteiger partial charge is 0.399 e. The molecule has 0 aliphatic carbocycles. The molecule has 90 valence electrons. The zero-order valence-corrected chi connectivity index (χ0v) is 10.5. The fourth-order valence-electron chi connectivity index (χ4n) is 1.90. The average molecular weight is 259 g/mol. The summed E-state index contributed by atoms with van der Waals surface area (Å²) in [6, 6.07) is 11.1. The molecular weight excluding hydrogens is 248 g/mol. The standard InChI is InChI=1S/C13H11ClN4/c1-8-6-10(15)7-12-13(8)17-18(16-12)11-4-2-9(14)3-5-11/h2-7H,15H2,1H3. The van der Waals surface area contributed by atoms with Gasteiger partial charge in [-0.1, -0.05) is 11.6 Å². The van der Waals surface area contributed by atoms with E-state index in [2.05, 4.69) is 10.2 Å². The number of nitrogens with zero attached hydrogens (tertiary/aromatic N) is 3. The third-order valence-electron chi connectivity index (χ3n) is 2.76. The highest BCUT2D eigenvalue weighted by Gasteiger charge is 2.07. The minimum Gasteiger partial charge on any atom is -0.399 e. The molecule has 2 N–H and O–H groups in total. The molecule has 0 unspecified atom stereocenters. The Morgan fingerprint density at radius 1 is 1.11 bits per heavy atom. The molecule has 0 aliphatic rings. The molecule has 2 aromatic carbocycles. The van der Waals surface area contributed by atoms with Crippen LogP contribution in [-0.4, -0.2) is 15.0 Å². The second-order valence-corrected chi connectivity index (χ2v) is 4.61. The van der Waals surface area contributed by atoms with Crippen LogP contribution in [0.15, 0.2) is 36.4 Å². The van der Waals surface area contributed by atoms with E-state index in [4.69, 9.17) is 17.3 Å². The molecule has 0 saturated carbocycles. The average Bonchev–Trinajstić information content (AvgIpc) is 2.74. The number of nitrogens with two attached hydrogens (primary N) is 1. The van der Waals surface area contributed by atoms with E-state index < -0.39 is 0 Å². The Labute approximate surface area is 109 Å². The molecule has 4 nitrogen and oxygen atoms in total. The molecule has 0 aliphatic heterocycles. The van der Waals surface area contributed by atoms with Gasteiger partial charge in [-0.15, -0.1) is 10.2 Å². The van der Waals surface area contributed by atoms with Crippen molar-refractivity contribution in [3.8, 4) is 5.69 Å². The molecule has 18 heavy (non-hydrogen) atoms. The first-order valence-corrected chi connectivity index (χ1v) is 5.90. The predicted octanol–water partition coefficient (Wildman–Crippen LogP) is 2.96. The number of fused-ring (bicyclic) bond motifs is 1. The van der Waals surface area contributed by atoms with Crippen LogP contribution in [0.3, 0.4) is 0 Å². The zero-order valence-electron chi connectivity index (χ0n) is 9.76. The molecule has 5 heteroatoms. The van der Waals surface area contributed by atoms with Gasteiger partial charge in [-0.2, -0.15) is 4.80 Å². The van der Waals surface area contributed by atoms with Crippen LogP contribution in [0, 0.1) is 6.92 Å². The number of hydrogen-bond donors (Lipinski definition) is 1. The molecule has 0 fully saturated rings. The van der Waals surface area contributed by atoms with Gasteiger partial charge < -0.3 is 5.73 Å². The van der Waals surface area contributed by atoms with Crippen LogP contribution in [0.4, 0.5) is 5.69 Å². The number of rotatable bonds is 1. The smallest absolute Gasteiger partial charge is 0.116 e. The molecule has 3 rings (SSSR count). The van der Waals surface area contributed by atoms with Gasteiger partial charge in [0.1, 0.15) is 11.0 Å². The van der Waals surface area contributed by atoms with Crippen molar-refractivity contribution in [1.29, 1.82) is 0 Å². The van der Waals surface area contributed by atoms with Crippen LogP contribution in [0.25, 0.3) is 16.7 Å². The van der Waals surface area contributed by atoms with Crippen LogP contribution >= 0.6 is 11.6 Å². The van der Waals surface area contributed by atoms with Crippen LogP contribution in [-0.2, 0) is 0 Å². The van der Waals surface area contributed by atoms with E-state index in [0.717, 1.165) is 22.3 Å². The van der Waals surface area contributed by atoms with Crippen molar-refractivity contribution in [1.82, 2.24) is 15.0 Å². The maximum absolute atomic E-state index is 5.86. The summed E-state index contributed by atoms with van der Waals surface area (Å²) < 4.78 is 0. The summed E-state index contributed by atoms with van der Waals surface area (Å²) in [7, 11) is 0. The first kappa shape index (κ1) is 11.0. The maximum Gasteiger partial charge on any atom is 0.116 e. The minimum atomic E-state index is 0.691. The highest BCUT2D eigenvalue weighted by molar-refractivity contribution is 6.30. The molecule has 3 aromatic rings. The Hall–Kier alpha value is -2.07. The zero-order chi connectivity index (χ0) is 12.7. The lowest BCUT2D eigenvalue weighted by atomic mass is 10.2. The SMILES string of the molecule is Cc1cc(N)cc2nn(-c3ccc(Cl)cc3)nc12. The summed E-state index contributed by atoms with van der Waals surface area (Å²) in [5.74, 6) is 0. The number of aromatic nitrogens is 3. The van der Waals surface area contributed by atoms with Crippen LogP contribution in [0.1, 0.15) is 5.56 Å². The van der Waals surface area contributed by atoms with Crippen molar-refractivity contribution in [2.75, 3.05) is 5.73 Å². The Morgan fingerprint density at radius 2 is 1.83 bits per heavy atom. The van der Waals surface area contributed by atoms with E-state index in [0.29, 0.717) is 10.7 Å². The first-order valence-electron chi connectivity index (χ1n) is 5.52. The third-order valence-corrected chi connectivity index (χ3v) is 3.01. The van der Waals surface area contributed by atoms with Gasteiger partial charge in [0.05, 0.1) is 5.69 Å². The summed E-state index contributed by atoms with van der Waals surface area (Å²) >= 11 is 5.86. The number of nitrogen functional groups attached to an aromatic ring is 1. The van der Waals surface area contributed by atoms with Gasteiger partial charge in [0.15, 0.2) is 0 Å². The van der Waals surface area contributed by atoms with Crippen molar-refractivity contribution in [2.45, 2.75) is 6.92 Å². The Balaban J connectivity index is 2.19. The maximum atomic E-state index is 5.86. The Bertz CT molecular complexity index is 716. The molecule has 0 spiro atoms. The number of benzene rings is 2. The normalized spacial score (nSPS) is 11.0. The molecule has 0 saturated heterocycles. The molecule has 0 bridgehead atoms. The van der Waals surface area contributed by atoms with Crippen molar-refractivity contribution in [3.63, 3.8) is 0 Å². The predicted molar refractivity (Wildman–Crippen MR) is 73.0 cm³/mol. The summed E-state index contributed by atoms with van der Waals surface area (Å²) in [4.78, 5) is 1.59. The molecule has 1 aromatic heterocycles. The van der Waals surface area contributed by atoms with E-state index in [1.165, 1.54) is 0 Å². The van der Waals surface area contributed by atoms with Gasteiger partial charge in [0, 0.05) is 10.7 Å². The lowest BCUT2D eigenvalue weighted by molar-refractivity contribution is 0.765. The van der Waals surface area contributed by atoms with E-state index in [-0.39, 0.29) is 0 Å². The number of hydrogen-bond acceptors (Lipinski definition) is 3. The quantitative estimate of drug-likeness (QED) is 0.683. The summed E-state index contributed by atoms with van der Waals surface area (Å²) in [6.45, 7) is 1.97. The second kappa shape index (κ2) is 3.99. The lowest BCUT2D eigenvalue weighted by Gasteiger charge is -1.97. The fourth-order valence-corrected chi connectivity index (χ4v) is 2.03. The van der Waals surface area contributed by atoms with E-state index in [9.17, 15) is 0 Å². The van der Waals surface area contributed by atoms with Gasteiger partial charge in [-0.25, -0.2) is 0 Å². The van der Waals surface area contributed by atoms with Gasteiger partial charge in [-0.05, 0) is 48.9 Å². The van der Waals surface area contributed by atoms with Gasteiger partial charge in [-0.3, -0.25) is 0 Å². The van der Waals surface area contributed by atoms with Crippen molar-refractivity contribution < 1.29 is 0 Å². The fraction of sp³-hybridized carbons (Fsp3) is 0.0769. The van der Waals surface area contributed by atoms with Crippen molar-refractivity contribution >= 4 is 28.3 Å². The molecule has 0 radical (unpaired) electrons. The molecule has 0 amide bonds. The summed E-state index contributed by atoms with van der Waals surface area (Å²) in [6.07, 6.45) is 0. The van der Waals surface area contributed by atoms with E-state index in [1.807, 2.05) is 43.3 Å². The van der Waals surface area contributed by atoms with Crippen molar-refractivity contribution in [2.24, 2.45) is 0 Å². The Kier molecular flexibility index (Phi) is 2.45. The van der Waals surface area contributed by atoms with Crippen molar-refractivity contribution in [3.05, 3.63) is 47.0 Å². The van der Waals surface area contributed by atoms with Gasteiger partial charge >= 0.3 is 0 Å². The molecule has 1 heterocycles. The minimum absolute atomic E-state index is 0.691. The van der Waals surface area contributed by atoms with E-state index in [1.54, 1.807) is 4.80 Å². The third kappa shape index (κ3) is 1.80. The number of aryl methyl sites for hydroxylation is 1. The topological polar surface area (TPSA) is 56.7 Å². The van der Waals surface area contributed by atoms with Gasteiger partial charge in [0.25, 0.3) is 0 Å².